The number of nitrogens with zero attached hydrogens (tertiary/aromatic N) is 1. The van der Waals surface area contributed by atoms with Crippen LogP contribution < -0.4 is 0 Å². The number of nitro benzene ring substituents is 1. The molecule has 0 spiro atoms. The monoisotopic (exact) mass is 223 g/mol. The zero-order valence-corrected chi connectivity index (χ0v) is 7.43. The Bertz CT molecular complexity index is 414. The van der Waals surface area contributed by atoms with Gasteiger partial charge in [0.15, 0.2) is 0 Å². The van der Waals surface area contributed by atoms with Crippen molar-refractivity contribution in [2.24, 2.45) is 0 Å². The van der Waals surface area contributed by atoms with E-state index in [0.29, 0.717) is 6.07 Å². The van der Waals surface area contributed by atoms with E-state index in [1.54, 1.807) is 0 Å². The molecule has 0 aliphatic rings. The summed E-state index contributed by atoms with van der Waals surface area (Å²) in [7, 11) is 0. The highest BCUT2D eigenvalue weighted by atomic mass is 19.4. The van der Waals surface area contributed by atoms with Crippen LogP contribution in [-0.2, 0) is 6.18 Å². The quantitative estimate of drug-likeness (QED) is 0.417. The fraction of sp³-hybridized carbons (Fsp3) is 0.250. The number of benzene rings is 1. The molecule has 1 aromatic carbocycles. The molecule has 0 amide bonds. The Labute approximate surface area is 81.5 Å². The van der Waals surface area contributed by atoms with Gasteiger partial charge < -0.3 is 0 Å². The van der Waals surface area contributed by atoms with Gasteiger partial charge in [-0.2, -0.15) is 17.6 Å². The molecule has 1 aromatic rings. The molecule has 3 nitrogen and oxygen atoms in total. The van der Waals surface area contributed by atoms with E-state index in [9.17, 15) is 27.7 Å². The van der Waals surface area contributed by atoms with Gasteiger partial charge in [0.2, 0.25) is 5.82 Å². The molecule has 0 aliphatic heterocycles. The molecule has 0 heterocycles. The Hall–Kier alpha value is -1.66. The lowest BCUT2D eigenvalue weighted by Crippen LogP contribution is -2.11. The van der Waals surface area contributed by atoms with Gasteiger partial charge in [-0.3, -0.25) is 10.1 Å². The molecule has 7 heteroatoms. The summed E-state index contributed by atoms with van der Waals surface area (Å²) in [4.78, 5) is 8.94. The summed E-state index contributed by atoms with van der Waals surface area (Å²) in [5.74, 6) is -1.45. The van der Waals surface area contributed by atoms with Gasteiger partial charge in [0, 0.05) is 0 Å². The van der Waals surface area contributed by atoms with Gasteiger partial charge in [-0.1, -0.05) is 6.07 Å². The van der Waals surface area contributed by atoms with E-state index in [2.05, 4.69) is 0 Å². The van der Waals surface area contributed by atoms with Gasteiger partial charge in [-0.05, 0) is 18.6 Å². The molecule has 0 fully saturated rings. The molecule has 0 unspecified atom stereocenters. The van der Waals surface area contributed by atoms with Crippen molar-refractivity contribution in [3.8, 4) is 0 Å². The summed E-state index contributed by atoms with van der Waals surface area (Å²) in [6, 6.07) is 1.35. The standard InChI is InChI=1S/C8H5F4NO2/c1-4-2-3-5(8(10,11)12)7(6(4)9)13(14)15/h2-3H,1H3. The lowest BCUT2D eigenvalue weighted by atomic mass is 10.1. The van der Waals surface area contributed by atoms with Crippen LogP contribution in [0.3, 0.4) is 0 Å². The highest BCUT2D eigenvalue weighted by Gasteiger charge is 2.40. The number of halogens is 4. The number of hydrogen-bond acceptors (Lipinski definition) is 2. The van der Waals surface area contributed by atoms with Crippen molar-refractivity contribution in [2.45, 2.75) is 13.1 Å². The van der Waals surface area contributed by atoms with Crippen LogP contribution in [0, 0.1) is 22.9 Å². The number of hydrogen-bond donors (Lipinski definition) is 0. The predicted molar refractivity (Wildman–Crippen MR) is 42.8 cm³/mol. The van der Waals surface area contributed by atoms with E-state index in [-0.39, 0.29) is 5.56 Å². The second-order valence-corrected chi connectivity index (χ2v) is 2.85. The SMILES string of the molecule is Cc1ccc(C(F)(F)F)c([N+](=O)[O-])c1F. The topological polar surface area (TPSA) is 43.1 Å². The van der Waals surface area contributed by atoms with E-state index >= 15 is 0 Å². The van der Waals surface area contributed by atoms with Crippen LogP contribution in [0.2, 0.25) is 0 Å². The number of aryl methyl sites for hydroxylation is 1. The summed E-state index contributed by atoms with van der Waals surface area (Å²) < 4.78 is 49.8. The molecule has 0 saturated carbocycles. The third kappa shape index (κ3) is 2.05. The molecule has 0 aliphatic carbocycles. The minimum absolute atomic E-state index is 0.199. The Kier molecular flexibility index (Phi) is 2.65. The van der Waals surface area contributed by atoms with Gasteiger partial charge in [0.05, 0.1) is 4.92 Å². The maximum absolute atomic E-state index is 13.1. The van der Waals surface area contributed by atoms with Crippen molar-refractivity contribution in [1.29, 1.82) is 0 Å². The molecule has 15 heavy (non-hydrogen) atoms. The normalized spacial score (nSPS) is 11.5. The summed E-state index contributed by atoms with van der Waals surface area (Å²) in [5.41, 5.74) is -3.30. The fourth-order valence-corrected chi connectivity index (χ4v) is 1.07. The van der Waals surface area contributed by atoms with E-state index in [0.717, 1.165) is 13.0 Å². The van der Waals surface area contributed by atoms with E-state index in [1.165, 1.54) is 0 Å². The lowest BCUT2D eigenvalue weighted by Gasteiger charge is -2.08. The summed E-state index contributed by atoms with van der Waals surface area (Å²) in [6.45, 7) is 1.16. The second-order valence-electron chi connectivity index (χ2n) is 2.85. The molecule has 82 valence electrons. The molecule has 0 aromatic heterocycles. The number of rotatable bonds is 1. The highest BCUT2D eigenvalue weighted by molar-refractivity contribution is 5.46. The molecule has 0 bridgehead atoms. The minimum atomic E-state index is -4.93. The predicted octanol–water partition coefficient (Wildman–Crippen LogP) is 3.06. The van der Waals surface area contributed by atoms with Gasteiger partial charge >= 0.3 is 11.9 Å². The van der Waals surface area contributed by atoms with Crippen LogP contribution in [-0.4, -0.2) is 4.92 Å². The fourth-order valence-electron chi connectivity index (χ4n) is 1.07. The number of alkyl halides is 3. The average Bonchev–Trinajstić information content (AvgIpc) is 2.06. The van der Waals surface area contributed by atoms with Crippen molar-refractivity contribution in [3.05, 3.63) is 39.2 Å². The molecular weight excluding hydrogens is 218 g/mol. The largest absolute Gasteiger partial charge is 0.423 e. The Morgan fingerprint density at radius 1 is 1.33 bits per heavy atom. The van der Waals surface area contributed by atoms with Crippen molar-refractivity contribution in [2.75, 3.05) is 0 Å². The Morgan fingerprint density at radius 3 is 2.27 bits per heavy atom. The van der Waals surface area contributed by atoms with Gasteiger partial charge in [0.1, 0.15) is 5.56 Å². The summed E-state index contributed by atoms with van der Waals surface area (Å²) >= 11 is 0. The van der Waals surface area contributed by atoms with E-state index in [4.69, 9.17) is 0 Å². The molecule has 0 atom stereocenters. The summed E-state index contributed by atoms with van der Waals surface area (Å²) in [6.07, 6.45) is -4.93. The molecular formula is C8H5F4NO2. The molecule has 0 N–H and O–H groups in total. The average molecular weight is 223 g/mol. The van der Waals surface area contributed by atoms with Crippen molar-refractivity contribution in [1.82, 2.24) is 0 Å². The first kappa shape index (κ1) is 11.4. The van der Waals surface area contributed by atoms with Gasteiger partial charge in [-0.15, -0.1) is 0 Å². The van der Waals surface area contributed by atoms with Crippen LogP contribution in [0.1, 0.15) is 11.1 Å². The first-order valence-corrected chi connectivity index (χ1v) is 3.76. The van der Waals surface area contributed by atoms with Crippen LogP contribution in [0.25, 0.3) is 0 Å². The zero-order chi connectivity index (χ0) is 11.8. The maximum Gasteiger partial charge on any atom is 0.423 e. The highest BCUT2D eigenvalue weighted by Crippen LogP contribution is 2.38. The van der Waals surface area contributed by atoms with Crippen LogP contribution in [0.15, 0.2) is 12.1 Å². The number of nitro groups is 1. The third-order valence-corrected chi connectivity index (χ3v) is 1.80. The second kappa shape index (κ2) is 3.48. The molecule has 0 saturated heterocycles. The first-order chi connectivity index (χ1) is 6.75. The van der Waals surface area contributed by atoms with Crippen LogP contribution in [0.5, 0.6) is 0 Å². The molecule has 1 rings (SSSR count). The van der Waals surface area contributed by atoms with Crippen molar-refractivity contribution < 1.29 is 22.5 Å². The van der Waals surface area contributed by atoms with Crippen LogP contribution >= 0.6 is 0 Å². The maximum atomic E-state index is 13.1. The van der Waals surface area contributed by atoms with Crippen molar-refractivity contribution >= 4 is 5.69 Å². The van der Waals surface area contributed by atoms with Gasteiger partial charge in [0.25, 0.3) is 0 Å². The van der Waals surface area contributed by atoms with E-state index in [1.807, 2.05) is 0 Å². The Morgan fingerprint density at radius 2 is 1.87 bits per heavy atom. The van der Waals surface area contributed by atoms with Crippen molar-refractivity contribution in [3.63, 3.8) is 0 Å². The van der Waals surface area contributed by atoms with E-state index < -0.39 is 28.2 Å². The first-order valence-electron chi connectivity index (χ1n) is 3.76. The van der Waals surface area contributed by atoms with Crippen LogP contribution in [0.4, 0.5) is 23.2 Å². The summed E-state index contributed by atoms with van der Waals surface area (Å²) in [5, 5.41) is 10.3. The molecule has 0 radical (unpaired) electrons. The third-order valence-electron chi connectivity index (χ3n) is 1.80. The zero-order valence-electron chi connectivity index (χ0n) is 7.43. The minimum Gasteiger partial charge on any atom is -0.258 e. The lowest BCUT2D eigenvalue weighted by molar-refractivity contribution is -0.390. The smallest absolute Gasteiger partial charge is 0.258 e. The van der Waals surface area contributed by atoms with Gasteiger partial charge in [-0.25, -0.2) is 0 Å². The Balaban J connectivity index is 3.55.